The molecule has 1 atom stereocenters. The third-order valence-electron chi connectivity index (χ3n) is 4.81. The summed E-state index contributed by atoms with van der Waals surface area (Å²) in [6, 6.07) is 0.171. The number of aliphatic imine (C=N–C) groups is 1. The van der Waals surface area contributed by atoms with E-state index in [4.69, 9.17) is 9.73 Å². The zero-order valence-electron chi connectivity index (χ0n) is 17.0. The normalized spacial score (nSPS) is 16.8. The molecule has 0 saturated carbocycles. The zero-order valence-corrected chi connectivity index (χ0v) is 19.3. The summed E-state index contributed by atoms with van der Waals surface area (Å²) in [5.41, 5.74) is 1.15. The fraction of sp³-hybridized carbons (Fsp3) is 0.722. The van der Waals surface area contributed by atoms with Crippen LogP contribution in [0.5, 0.6) is 0 Å². The van der Waals surface area contributed by atoms with E-state index in [1.165, 1.54) is 7.11 Å². The van der Waals surface area contributed by atoms with Crippen LogP contribution in [0.25, 0.3) is 0 Å². The topological polar surface area (TPSA) is 75.0 Å². The van der Waals surface area contributed by atoms with Gasteiger partial charge in [-0.05, 0) is 33.9 Å². The van der Waals surface area contributed by atoms with Gasteiger partial charge in [0.15, 0.2) is 5.96 Å². The largest absolute Gasteiger partial charge is 0.469 e. The number of likely N-dealkylation sites (N-methyl/N-ethyl adjacent to an activating group) is 1. The Hall–Kier alpha value is -1.36. The molecule has 1 unspecified atom stereocenters. The van der Waals surface area contributed by atoms with E-state index in [0.29, 0.717) is 6.54 Å². The first-order valence-corrected chi connectivity index (χ1v) is 9.22. The van der Waals surface area contributed by atoms with Gasteiger partial charge >= 0.3 is 5.97 Å². The van der Waals surface area contributed by atoms with Crippen molar-refractivity contribution in [3.63, 3.8) is 0 Å². The molecular weight excluding hydrogens is 459 g/mol. The van der Waals surface area contributed by atoms with Gasteiger partial charge < -0.3 is 19.9 Å². The van der Waals surface area contributed by atoms with Crippen LogP contribution >= 0.6 is 24.0 Å². The number of guanidine groups is 1. The molecule has 0 spiro atoms. The second kappa shape index (κ2) is 11.5. The van der Waals surface area contributed by atoms with Crippen molar-refractivity contribution in [2.75, 3.05) is 47.4 Å². The van der Waals surface area contributed by atoms with Crippen LogP contribution in [0, 0.1) is 5.92 Å². The molecule has 1 fully saturated rings. The average Bonchev–Trinajstić information content (AvgIpc) is 3.06. The van der Waals surface area contributed by atoms with E-state index in [9.17, 15) is 4.79 Å². The fourth-order valence-corrected chi connectivity index (χ4v) is 3.27. The van der Waals surface area contributed by atoms with Gasteiger partial charge in [0.1, 0.15) is 0 Å². The lowest BCUT2D eigenvalue weighted by molar-refractivity contribution is -0.146. The van der Waals surface area contributed by atoms with Crippen LogP contribution in [-0.4, -0.2) is 78.9 Å². The van der Waals surface area contributed by atoms with E-state index in [0.717, 1.165) is 44.0 Å². The van der Waals surface area contributed by atoms with Crippen molar-refractivity contribution in [1.82, 2.24) is 24.9 Å². The lowest BCUT2D eigenvalue weighted by atomic mass is 9.97. The number of nitrogens with one attached hydrogen (secondary N) is 1. The molecule has 0 radical (unpaired) electrons. The monoisotopic (exact) mass is 492 g/mol. The Kier molecular flexibility index (Phi) is 10.1. The minimum atomic E-state index is -0.101. The van der Waals surface area contributed by atoms with E-state index in [1.54, 1.807) is 0 Å². The first-order chi connectivity index (χ1) is 12.5. The van der Waals surface area contributed by atoms with Crippen molar-refractivity contribution < 1.29 is 9.53 Å². The molecule has 9 heteroatoms. The Morgan fingerprint density at radius 1 is 1.44 bits per heavy atom. The second-order valence-corrected chi connectivity index (χ2v) is 6.91. The second-order valence-electron chi connectivity index (χ2n) is 6.91. The highest BCUT2D eigenvalue weighted by molar-refractivity contribution is 14.0. The minimum Gasteiger partial charge on any atom is -0.469 e. The molecule has 0 aliphatic carbocycles. The van der Waals surface area contributed by atoms with E-state index < -0.39 is 0 Å². The number of halogens is 1. The Morgan fingerprint density at radius 2 is 2.11 bits per heavy atom. The Labute approximate surface area is 179 Å². The summed E-state index contributed by atoms with van der Waals surface area (Å²) < 4.78 is 6.69. The molecule has 1 aliphatic heterocycles. The number of methoxy groups -OCH3 is 1. The minimum absolute atomic E-state index is 0. The molecule has 1 aliphatic rings. The van der Waals surface area contributed by atoms with Crippen LogP contribution in [0.4, 0.5) is 0 Å². The molecule has 0 bridgehead atoms. The molecule has 8 nitrogen and oxygen atoms in total. The number of nitrogens with zero attached hydrogens (tertiary/aromatic N) is 5. The number of hydrogen-bond donors (Lipinski definition) is 1. The van der Waals surface area contributed by atoms with Gasteiger partial charge in [-0.1, -0.05) is 0 Å². The Morgan fingerprint density at radius 3 is 2.59 bits per heavy atom. The summed E-state index contributed by atoms with van der Waals surface area (Å²) in [6.45, 7) is 5.16. The molecule has 0 amide bonds. The molecule has 1 aromatic rings. The SMILES string of the molecule is CCNC(=NCC(c1cnn(C)c1)N(C)C)N1CCC(C(=O)OC)CC1.I. The van der Waals surface area contributed by atoms with E-state index >= 15 is 0 Å². The van der Waals surface area contributed by atoms with Crippen molar-refractivity contribution in [2.45, 2.75) is 25.8 Å². The number of carbonyl (C=O) groups is 1. The number of ether oxygens (including phenoxy) is 1. The van der Waals surface area contributed by atoms with Crippen LogP contribution < -0.4 is 5.32 Å². The van der Waals surface area contributed by atoms with Crippen molar-refractivity contribution in [3.05, 3.63) is 18.0 Å². The maximum absolute atomic E-state index is 11.7. The van der Waals surface area contributed by atoms with Crippen LogP contribution in [-0.2, 0) is 16.6 Å². The predicted molar refractivity (Wildman–Crippen MR) is 117 cm³/mol. The van der Waals surface area contributed by atoms with Gasteiger partial charge in [-0.2, -0.15) is 5.10 Å². The van der Waals surface area contributed by atoms with Crippen LogP contribution in [0.1, 0.15) is 31.4 Å². The summed E-state index contributed by atoms with van der Waals surface area (Å²) in [5, 5.41) is 7.66. The van der Waals surface area contributed by atoms with Gasteiger partial charge in [-0.15, -0.1) is 24.0 Å². The van der Waals surface area contributed by atoms with Crippen molar-refractivity contribution in [3.8, 4) is 0 Å². The van der Waals surface area contributed by atoms with Gasteiger partial charge in [0.05, 0.1) is 31.8 Å². The van der Waals surface area contributed by atoms with Crippen LogP contribution in [0.3, 0.4) is 0 Å². The summed E-state index contributed by atoms with van der Waals surface area (Å²) >= 11 is 0. The number of aromatic nitrogens is 2. The Bertz CT molecular complexity index is 611. The van der Waals surface area contributed by atoms with Gasteiger partial charge in [0.2, 0.25) is 0 Å². The highest BCUT2D eigenvalue weighted by Gasteiger charge is 2.27. The third-order valence-corrected chi connectivity index (χ3v) is 4.81. The van der Waals surface area contributed by atoms with Crippen LogP contribution in [0.15, 0.2) is 17.4 Å². The first-order valence-electron chi connectivity index (χ1n) is 9.22. The van der Waals surface area contributed by atoms with E-state index in [-0.39, 0.29) is 41.9 Å². The fourth-order valence-electron chi connectivity index (χ4n) is 3.27. The maximum Gasteiger partial charge on any atom is 0.308 e. The number of carbonyl (C=O) groups excluding carboxylic acids is 1. The van der Waals surface area contributed by atoms with Crippen molar-refractivity contribution >= 4 is 35.9 Å². The van der Waals surface area contributed by atoms with Crippen LogP contribution in [0.2, 0.25) is 0 Å². The molecule has 2 heterocycles. The number of esters is 1. The van der Waals surface area contributed by atoms with Gasteiger partial charge in [0.25, 0.3) is 0 Å². The molecular formula is C18H33IN6O2. The van der Waals surface area contributed by atoms with E-state index in [2.05, 4.69) is 41.2 Å². The molecule has 154 valence electrons. The third kappa shape index (κ3) is 6.63. The van der Waals surface area contributed by atoms with Gasteiger partial charge in [-0.25, -0.2) is 0 Å². The quantitative estimate of drug-likeness (QED) is 0.281. The average molecular weight is 492 g/mol. The number of aryl methyl sites for hydroxylation is 1. The van der Waals surface area contributed by atoms with Gasteiger partial charge in [0, 0.05) is 38.4 Å². The maximum atomic E-state index is 11.7. The number of piperidine rings is 1. The summed E-state index contributed by atoms with van der Waals surface area (Å²) in [7, 11) is 7.50. The molecule has 1 N–H and O–H groups in total. The molecule has 27 heavy (non-hydrogen) atoms. The lowest BCUT2D eigenvalue weighted by Gasteiger charge is -2.33. The highest BCUT2D eigenvalue weighted by Crippen LogP contribution is 2.20. The first kappa shape index (κ1) is 23.7. The van der Waals surface area contributed by atoms with Crippen molar-refractivity contribution in [1.29, 1.82) is 0 Å². The Balaban J connectivity index is 0.00000364. The number of likely N-dealkylation sites (tertiary alicyclic amines) is 1. The summed E-state index contributed by atoms with van der Waals surface area (Å²) in [4.78, 5) is 21.0. The molecule has 1 saturated heterocycles. The van der Waals surface area contributed by atoms with E-state index in [1.807, 2.05) is 24.1 Å². The zero-order chi connectivity index (χ0) is 19.1. The number of rotatable bonds is 6. The number of hydrogen-bond acceptors (Lipinski definition) is 5. The smallest absolute Gasteiger partial charge is 0.308 e. The van der Waals surface area contributed by atoms with Crippen molar-refractivity contribution in [2.24, 2.45) is 18.0 Å². The summed E-state index contributed by atoms with van der Waals surface area (Å²) in [5.74, 6) is 0.812. The standard InChI is InChI=1S/C18H32N6O2.HI/c1-6-19-18(24-9-7-14(8-10-24)17(25)26-5)20-12-16(22(2)3)15-11-21-23(4)13-15;/h11,13-14,16H,6-10,12H2,1-5H3,(H,19,20);1H. The summed E-state index contributed by atoms with van der Waals surface area (Å²) in [6.07, 6.45) is 5.54. The van der Waals surface area contributed by atoms with Gasteiger partial charge in [-0.3, -0.25) is 14.5 Å². The molecule has 2 rings (SSSR count). The lowest BCUT2D eigenvalue weighted by Crippen LogP contribution is -2.47. The molecule has 1 aromatic heterocycles. The predicted octanol–water partition coefficient (Wildman–Crippen LogP) is 1.49. The molecule has 0 aromatic carbocycles. The highest BCUT2D eigenvalue weighted by atomic mass is 127.